The minimum absolute atomic E-state index is 0.00681. The highest BCUT2D eigenvalue weighted by atomic mass is 32.2. The van der Waals surface area contributed by atoms with E-state index in [-0.39, 0.29) is 16.9 Å². The fourth-order valence-corrected chi connectivity index (χ4v) is 4.70. The molecule has 1 heterocycles. The molecule has 0 spiro atoms. The zero-order chi connectivity index (χ0) is 26.6. The molecule has 1 aliphatic heterocycles. The average molecular weight is 533 g/mol. The number of benzene rings is 2. The Kier molecular flexibility index (Phi) is 8.24. The predicted octanol–water partition coefficient (Wildman–Crippen LogP) is 3.59. The quantitative estimate of drug-likeness (QED) is 0.469. The van der Waals surface area contributed by atoms with Gasteiger partial charge >= 0.3 is 12.1 Å². The van der Waals surface area contributed by atoms with Crippen molar-refractivity contribution in [2.24, 2.45) is 0 Å². The number of nitrogens with one attached hydrogen (secondary N) is 2. The van der Waals surface area contributed by atoms with Gasteiger partial charge in [-0.2, -0.15) is 13.2 Å². The third-order valence-corrected chi connectivity index (χ3v) is 7.15. The minimum Gasteiger partial charge on any atom is -0.475 e. The Morgan fingerprint density at radius 1 is 1.06 bits per heavy atom. The summed E-state index contributed by atoms with van der Waals surface area (Å²) in [5.74, 6) is -3.26. The van der Waals surface area contributed by atoms with Crippen LogP contribution in [-0.2, 0) is 29.8 Å². The molecule has 0 bridgehead atoms. The Balaban J connectivity index is 0.000000454. The van der Waals surface area contributed by atoms with E-state index in [0.717, 1.165) is 50.0 Å². The van der Waals surface area contributed by atoms with Crippen molar-refractivity contribution in [1.29, 1.82) is 0 Å². The highest BCUT2D eigenvalue weighted by Gasteiger charge is 2.51. The Morgan fingerprint density at radius 2 is 1.64 bits per heavy atom. The summed E-state index contributed by atoms with van der Waals surface area (Å²) in [7, 11) is -3.81. The summed E-state index contributed by atoms with van der Waals surface area (Å²) in [5, 5.41) is 10.1. The van der Waals surface area contributed by atoms with Gasteiger partial charge in [-0.25, -0.2) is 17.6 Å². The van der Waals surface area contributed by atoms with Crippen LogP contribution < -0.4 is 10.0 Å². The monoisotopic (exact) mass is 532 g/mol. The number of hydrogen-bond donors (Lipinski definition) is 3. The SMILES string of the molecule is O=C(NCC1CCCO1)C1(c2ccc(NS(=O)(=O)c3ccc(F)cc3)cc2)CC1.O=C(O)C(F)(F)F. The largest absolute Gasteiger partial charge is 0.490 e. The van der Waals surface area contributed by atoms with Gasteiger partial charge in [0, 0.05) is 18.8 Å². The second-order valence-electron chi connectivity index (χ2n) is 8.37. The van der Waals surface area contributed by atoms with Gasteiger partial charge in [-0.1, -0.05) is 12.1 Å². The number of carboxylic acids is 1. The van der Waals surface area contributed by atoms with Gasteiger partial charge in [0.05, 0.1) is 16.4 Å². The predicted molar refractivity (Wildman–Crippen MR) is 120 cm³/mol. The topological polar surface area (TPSA) is 122 Å². The van der Waals surface area contributed by atoms with Gasteiger partial charge in [-0.15, -0.1) is 0 Å². The van der Waals surface area contributed by atoms with Gasteiger partial charge in [0.1, 0.15) is 5.82 Å². The molecule has 0 radical (unpaired) electrons. The van der Waals surface area contributed by atoms with Crippen LogP contribution in [0.4, 0.5) is 23.2 Å². The van der Waals surface area contributed by atoms with Gasteiger partial charge in [-0.05, 0) is 67.6 Å². The third-order valence-electron chi connectivity index (χ3n) is 5.76. The number of carbonyl (C=O) groups excluding carboxylic acids is 1. The number of ether oxygens (including phenoxy) is 1. The van der Waals surface area contributed by atoms with Crippen LogP contribution in [0.1, 0.15) is 31.2 Å². The summed E-state index contributed by atoms with van der Waals surface area (Å²) in [6.07, 6.45) is -1.45. The molecule has 2 aromatic rings. The van der Waals surface area contributed by atoms with Crippen LogP contribution in [0.2, 0.25) is 0 Å². The lowest BCUT2D eigenvalue weighted by Crippen LogP contribution is -2.39. The maximum Gasteiger partial charge on any atom is 0.490 e. The number of halogens is 4. The molecule has 0 aromatic heterocycles. The van der Waals surface area contributed by atoms with Gasteiger partial charge in [0.15, 0.2) is 0 Å². The van der Waals surface area contributed by atoms with Crippen LogP contribution in [0, 0.1) is 5.82 Å². The molecule has 8 nitrogen and oxygen atoms in total. The molecule has 3 N–H and O–H groups in total. The number of carbonyl (C=O) groups is 2. The summed E-state index contributed by atoms with van der Waals surface area (Å²) in [6.45, 7) is 1.27. The molecule has 36 heavy (non-hydrogen) atoms. The molecule has 2 fully saturated rings. The van der Waals surface area contributed by atoms with Crippen LogP contribution in [0.15, 0.2) is 53.4 Å². The number of carboxylic acid groups (broad SMARTS) is 1. The Labute approximate surface area is 204 Å². The van der Waals surface area contributed by atoms with Crippen molar-refractivity contribution < 1.29 is 45.4 Å². The summed E-state index contributed by atoms with van der Waals surface area (Å²) in [5.41, 5.74) is 0.716. The maximum absolute atomic E-state index is 13.0. The van der Waals surface area contributed by atoms with E-state index in [1.54, 1.807) is 24.3 Å². The number of amides is 1. The lowest BCUT2D eigenvalue weighted by molar-refractivity contribution is -0.192. The summed E-state index contributed by atoms with van der Waals surface area (Å²) < 4.78 is 77.6. The molecular weight excluding hydrogens is 508 g/mol. The lowest BCUT2D eigenvalue weighted by Gasteiger charge is -2.18. The molecule has 1 atom stereocenters. The zero-order valence-corrected chi connectivity index (χ0v) is 19.7. The molecule has 2 aromatic carbocycles. The Bertz CT molecular complexity index is 1170. The van der Waals surface area contributed by atoms with E-state index in [9.17, 15) is 30.8 Å². The molecule has 1 saturated heterocycles. The highest BCUT2D eigenvalue weighted by Crippen LogP contribution is 2.48. The Morgan fingerprint density at radius 3 is 2.11 bits per heavy atom. The molecule has 13 heteroatoms. The maximum atomic E-state index is 13.0. The van der Waals surface area contributed by atoms with Crippen LogP contribution in [0.3, 0.4) is 0 Å². The summed E-state index contributed by atoms with van der Waals surface area (Å²) in [6, 6.07) is 11.5. The molecule has 4 rings (SSSR count). The van der Waals surface area contributed by atoms with E-state index in [0.29, 0.717) is 12.2 Å². The van der Waals surface area contributed by atoms with Crippen molar-refractivity contribution in [2.45, 2.75) is 48.3 Å². The zero-order valence-electron chi connectivity index (χ0n) is 18.8. The molecule has 196 valence electrons. The lowest BCUT2D eigenvalue weighted by atomic mass is 9.94. The van der Waals surface area contributed by atoms with Gasteiger partial charge in [0.25, 0.3) is 10.0 Å². The third kappa shape index (κ3) is 6.94. The number of anilines is 1. The number of rotatable bonds is 7. The fraction of sp³-hybridized carbons (Fsp3) is 0.391. The number of sulfonamides is 1. The smallest absolute Gasteiger partial charge is 0.475 e. The van der Waals surface area contributed by atoms with E-state index >= 15 is 0 Å². The average Bonchev–Trinajstić information content (AvgIpc) is 3.46. The number of aliphatic carboxylic acids is 1. The Hall–Kier alpha value is -3.19. The second-order valence-corrected chi connectivity index (χ2v) is 10.0. The van der Waals surface area contributed by atoms with Crippen molar-refractivity contribution in [2.75, 3.05) is 17.9 Å². The minimum atomic E-state index is -5.08. The summed E-state index contributed by atoms with van der Waals surface area (Å²) >= 11 is 0. The van der Waals surface area contributed by atoms with Crippen molar-refractivity contribution in [3.63, 3.8) is 0 Å². The van der Waals surface area contributed by atoms with E-state index in [2.05, 4.69) is 10.0 Å². The molecule has 1 aliphatic carbocycles. The molecule has 2 aliphatic rings. The molecule has 1 saturated carbocycles. The van der Waals surface area contributed by atoms with Gasteiger partial charge in [-0.3, -0.25) is 9.52 Å². The second kappa shape index (κ2) is 10.8. The van der Waals surface area contributed by atoms with Crippen LogP contribution >= 0.6 is 0 Å². The first-order chi connectivity index (χ1) is 16.8. The standard InChI is InChI=1S/C21H23FN2O4S.C2HF3O2/c22-16-5-9-19(10-6-16)29(26,27)24-17-7-3-15(4-8-17)21(11-12-21)20(25)23-14-18-2-1-13-28-18;3-2(4,5)1(6)7/h3-10,18,24H,1-2,11-14H2,(H,23,25);(H,6,7). The van der Waals surface area contributed by atoms with Crippen molar-refractivity contribution >= 4 is 27.6 Å². The fourth-order valence-electron chi connectivity index (χ4n) is 3.64. The first kappa shape index (κ1) is 27.4. The van der Waals surface area contributed by atoms with E-state index < -0.39 is 33.4 Å². The summed E-state index contributed by atoms with van der Waals surface area (Å²) in [4.78, 5) is 21.6. The van der Waals surface area contributed by atoms with Crippen molar-refractivity contribution in [1.82, 2.24) is 5.32 Å². The normalized spacial score (nSPS) is 18.5. The number of hydrogen-bond acceptors (Lipinski definition) is 5. The molecular formula is C23H24F4N2O6S. The van der Waals surface area contributed by atoms with Crippen molar-refractivity contribution in [3.05, 3.63) is 59.9 Å². The highest BCUT2D eigenvalue weighted by molar-refractivity contribution is 7.92. The first-order valence-corrected chi connectivity index (χ1v) is 12.4. The first-order valence-electron chi connectivity index (χ1n) is 10.9. The molecule has 1 amide bonds. The number of alkyl halides is 3. The molecule has 1 unspecified atom stereocenters. The van der Waals surface area contributed by atoms with Crippen LogP contribution in [0.5, 0.6) is 0 Å². The van der Waals surface area contributed by atoms with E-state index in [1.165, 1.54) is 12.1 Å². The van der Waals surface area contributed by atoms with Gasteiger partial charge in [0.2, 0.25) is 5.91 Å². The van der Waals surface area contributed by atoms with Crippen LogP contribution in [-0.4, -0.2) is 50.8 Å². The van der Waals surface area contributed by atoms with Crippen LogP contribution in [0.25, 0.3) is 0 Å². The van der Waals surface area contributed by atoms with Gasteiger partial charge < -0.3 is 15.2 Å². The van der Waals surface area contributed by atoms with E-state index in [4.69, 9.17) is 14.6 Å². The van der Waals surface area contributed by atoms with Crippen molar-refractivity contribution in [3.8, 4) is 0 Å². The van der Waals surface area contributed by atoms with E-state index in [1.807, 2.05) is 0 Å².